The van der Waals surface area contributed by atoms with E-state index in [0.717, 1.165) is 51.9 Å². The molecule has 3 rings (SSSR count). The molecule has 0 atom stereocenters. The van der Waals surface area contributed by atoms with E-state index in [1.807, 2.05) is 30.3 Å². The summed E-state index contributed by atoms with van der Waals surface area (Å²) in [4.78, 5) is 4.72. The van der Waals surface area contributed by atoms with Crippen LogP contribution in [-0.4, -0.2) is 10.8 Å². The predicted octanol–water partition coefficient (Wildman–Crippen LogP) is 3.80. The van der Waals surface area contributed by atoms with Gasteiger partial charge in [-0.3, -0.25) is 5.41 Å². The SMILES string of the molecule is N=C(N)c1cc2c(nc1SCc1ccccc1Cl)CCC2. The first-order chi connectivity index (χ1) is 10.1. The maximum Gasteiger partial charge on any atom is 0.125 e. The van der Waals surface area contributed by atoms with Crippen molar-refractivity contribution in [2.75, 3.05) is 0 Å². The predicted molar refractivity (Wildman–Crippen MR) is 88.3 cm³/mol. The topological polar surface area (TPSA) is 62.8 Å². The summed E-state index contributed by atoms with van der Waals surface area (Å²) < 4.78 is 0. The number of thioether (sulfide) groups is 1. The second-order valence-electron chi connectivity index (χ2n) is 5.09. The highest BCUT2D eigenvalue weighted by molar-refractivity contribution is 7.98. The Morgan fingerprint density at radius 2 is 2.14 bits per heavy atom. The van der Waals surface area contributed by atoms with Crippen LogP contribution >= 0.6 is 23.4 Å². The Labute approximate surface area is 133 Å². The van der Waals surface area contributed by atoms with Crippen molar-refractivity contribution in [3.05, 3.63) is 57.7 Å². The van der Waals surface area contributed by atoms with Crippen molar-refractivity contribution in [1.82, 2.24) is 4.98 Å². The molecule has 1 aromatic heterocycles. The van der Waals surface area contributed by atoms with Gasteiger partial charge in [0, 0.05) is 22.0 Å². The number of fused-ring (bicyclic) bond motifs is 1. The molecule has 108 valence electrons. The van der Waals surface area contributed by atoms with Crippen molar-refractivity contribution < 1.29 is 0 Å². The highest BCUT2D eigenvalue weighted by Crippen LogP contribution is 2.31. The molecular formula is C16H16ClN3S. The van der Waals surface area contributed by atoms with Crippen molar-refractivity contribution in [3.8, 4) is 0 Å². The third kappa shape index (κ3) is 3.06. The number of nitrogen functional groups attached to an aromatic ring is 1. The second kappa shape index (κ2) is 6.08. The summed E-state index contributed by atoms with van der Waals surface area (Å²) in [6.07, 6.45) is 3.20. The van der Waals surface area contributed by atoms with Crippen LogP contribution in [0.1, 0.15) is 28.8 Å². The number of aryl methyl sites for hydroxylation is 2. The zero-order valence-corrected chi connectivity index (χ0v) is 13.1. The van der Waals surface area contributed by atoms with Gasteiger partial charge in [0.05, 0.1) is 0 Å². The molecule has 3 N–H and O–H groups in total. The van der Waals surface area contributed by atoms with Crippen molar-refractivity contribution in [1.29, 1.82) is 5.41 Å². The molecule has 1 aliphatic rings. The van der Waals surface area contributed by atoms with Gasteiger partial charge in [-0.2, -0.15) is 0 Å². The Balaban J connectivity index is 1.88. The van der Waals surface area contributed by atoms with Gasteiger partial charge in [-0.15, -0.1) is 11.8 Å². The first-order valence-electron chi connectivity index (χ1n) is 6.88. The smallest absolute Gasteiger partial charge is 0.125 e. The summed E-state index contributed by atoms with van der Waals surface area (Å²) >= 11 is 7.78. The van der Waals surface area contributed by atoms with Crippen LogP contribution in [0.15, 0.2) is 35.4 Å². The largest absolute Gasteiger partial charge is 0.384 e. The molecule has 0 saturated heterocycles. The molecule has 0 spiro atoms. The summed E-state index contributed by atoms with van der Waals surface area (Å²) in [6.45, 7) is 0. The standard InChI is InChI=1S/C16H16ClN3S/c17-13-6-2-1-4-11(13)9-21-16-12(15(18)19)8-10-5-3-7-14(10)20-16/h1-2,4,6,8H,3,5,7,9H2,(H3,18,19). The Hall–Kier alpha value is -1.52. The van der Waals surface area contributed by atoms with Crippen LogP contribution in [0.4, 0.5) is 0 Å². The first-order valence-corrected chi connectivity index (χ1v) is 8.25. The van der Waals surface area contributed by atoms with Gasteiger partial charge in [-0.25, -0.2) is 4.98 Å². The molecule has 0 fully saturated rings. The van der Waals surface area contributed by atoms with Crippen LogP contribution in [0.25, 0.3) is 0 Å². The minimum atomic E-state index is 0.0823. The normalized spacial score (nSPS) is 13.2. The Bertz CT molecular complexity index is 700. The molecular weight excluding hydrogens is 302 g/mol. The highest BCUT2D eigenvalue weighted by Gasteiger charge is 2.18. The van der Waals surface area contributed by atoms with E-state index in [-0.39, 0.29) is 5.84 Å². The number of aromatic nitrogens is 1. The lowest BCUT2D eigenvalue weighted by Gasteiger charge is -2.11. The maximum atomic E-state index is 7.76. The maximum absolute atomic E-state index is 7.76. The fourth-order valence-electron chi connectivity index (χ4n) is 2.52. The third-order valence-electron chi connectivity index (χ3n) is 3.63. The molecule has 1 heterocycles. The Kier molecular flexibility index (Phi) is 4.17. The minimum absolute atomic E-state index is 0.0823. The van der Waals surface area contributed by atoms with Gasteiger partial charge in [0.1, 0.15) is 10.9 Å². The number of nitrogens with two attached hydrogens (primary N) is 1. The average molecular weight is 318 g/mol. The van der Waals surface area contributed by atoms with E-state index in [1.165, 1.54) is 5.56 Å². The van der Waals surface area contributed by atoms with Gasteiger partial charge in [0.2, 0.25) is 0 Å². The molecule has 2 aromatic rings. The molecule has 5 heteroatoms. The lowest BCUT2D eigenvalue weighted by molar-refractivity contribution is 0.891. The van der Waals surface area contributed by atoms with E-state index in [1.54, 1.807) is 11.8 Å². The van der Waals surface area contributed by atoms with Gasteiger partial charge in [-0.1, -0.05) is 29.8 Å². The van der Waals surface area contributed by atoms with E-state index in [9.17, 15) is 0 Å². The van der Waals surface area contributed by atoms with Gasteiger partial charge in [0.25, 0.3) is 0 Å². The summed E-state index contributed by atoms with van der Waals surface area (Å²) in [5.74, 6) is 0.810. The summed E-state index contributed by atoms with van der Waals surface area (Å²) in [7, 11) is 0. The molecule has 0 saturated carbocycles. The van der Waals surface area contributed by atoms with Crippen LogP contribution in [0.5, 0.6) is 0 Å². The number of halogens is 1. The number of hydrogen-bond donors (Lipinski definition) is 2. The number of benzene rings is 1. The van der Waals surface area contributed by atoms with E-state index < -0.39 is 0 Å². The van der Waals surface area contributed by atoms with Gasteiger partial charge < -0.3 is 5.73 Å². The third-order valence-corrected chi connectivity index (χ3v) is 5.04. The van der Waals surface area contributed by atoms with Crippen LogP contribution < -0.4 is 5.73 Å². The zero-order chi connectivity index (χ0) is 14.8. The number of pyridine rings is 1. The Morgan fingerprint density at radius 3 is 2.90 bits per heavy atom. The van der Waals surface area contributed by atoms with E-state index in [0.29, 0.717) is 0 Å². The molecule has 1 aliphatic carbocycles. The summed E-state index contributed by atoms with van der Waals surface area (Å²) in [5.41, 5.74) is 9.92. The number of hydrogen-bond acceptors (Lipinski definition) is 3. The van der Waals surface area contributed by atoms with Gasteiger partial charge >= 0.3 is 0 Å². The quantitative estimate of drug-likeness (QED) is 0.512. The molecule has 21 heavy (non-hydrogen) atoms. The lowest BCUT2D eigenvalue weighted by atomic mass is 10.1. The van der Waals surface area contributed by atoms with Crippen molar-refractivity contribution >= 4 is 29.2 Å². The number of amidine groups is 1. The van der Waals surface area contributed by atoms with Crippen molar-refractivity contribution in [3.63, 3.8) is 0 Å². The molecule has 0 aliphatic heterocycles. The fourth-order valence-corrected chi connectivity index (χ4v) is 3.84. The molecule has 0 amide bonds. The molecule has 0 unspecified atom stereocenters. The van der Waals surface area contributed by atoms with E-state index in [2.05, 4.69) is 0 Å². The van der Waals surface area contributed by atoms with Gasteiger partial charge in [-0.05, 0) is 42.5 Å². The average Bonchev–Trinajstić information content (AvgIpc) is 2.92. The fraction of sp³-hybridized carbons (Fsp3) is 0.250. The van der Waals surface area contributed by atoms with Crippen LogP contribution in [-0.2, 0) is 18.6 Å². The molecule has 0 radical (unpaired) electrons. The van der Waals surface area contributed by atoms with Crippen LogP contribution in [0.2, 0.25) is 5.02 Å². The van der Waals surface area contributed by atoms with Crippen molar-refractivity contribution in [2.24, 2.45) is 5.73 Å². The second-order valence-corrected chi connectivity index (χ2v) is 6.47. The van der Waals surface area contributed by atoms with Crippen molar-refractivity contribution in [2.45, 2.75) is 30.0 Å². The monoisotopic (exact) mass is 317 g/mol. The first kappa shape index (κ1) is 14.4. The molecule has 1 aromatic carbocycles. The number of rotatable bonds is 4. The van der Waals surface area contributed by atoms with E-state index in [4.69, 9.17) is 27.7 Å². The van der Waals surface area contributed by atoms with Crippen LogP contribution in [0, 0.1) is 5.41 Å². The minimum Gasteiger partial charge on any atom is -0.384 e. The van der Waals surface area contributed by atoms with Crippen LogP contribution in [0.3, 0.4) is 0 Å². The number of nitrogens with one attached hydrogen (secondary N) is 1. The Morgan fingerprint density at radius 1 is 1.33 bits per heavy atom. The number of nitrogens with zero attached hydrogens (tertiary/aromatic N) is 1. The highest BCUT2D eigenvalue weighted by atomic mass is 35.5. The molecule has 3 nitrogen and oxygen atoms in total. The van der Waals surface area contributed by atoms with E-state index >= 15 is 0 Å². The molecule has 0 bridgehead atoms. The summed E-state index contributed by atoms with van der Waals surface area (Å²) in [6, 6.07) is 9.83. The van der Waals surface area contributed by atoms with Gasteiger partial charge in [0.15, 0.2) is 0 Å². The lowest BCUT2D eigenvalue weighted by Crippen LogP contribution is -2.14. The zero-order valence-electron chi connectivity index (χ0n) is 11.5. The summed E-state index contributed by atoms with van der Waals surface area (Å²) in [5, 5.41) is 9.36.